The van der Waals surface area contributed by atoms with Crippen LogP contribution in [0.4, 0.5) is 4.39 Å². The molecule has 2 aromatic heterocycles. The number of hydrogen-bond acceptors (Lipinski definition) is 3. The van der Waals surface area contributed by atoms with Gasteiger partial charge in [-0.3, -0.25) is 4.79 Å². The zero-order valence-electron chi connectivity index (χ0n) is 9.55. The van der Waals surface area contributed by atoms with Gasteiger partial charge >= 0.3 is 0 Å². The topological polar surface area (TPSA) is 34.9 Å². The summed E-state index contributed by atoms with van der Waals surface area (Å²) in [6.45, 7) is 1.58. The summed E-state index contributed by atoms with van der Waals surface area (Å²) < 4.78 is 15.6. The third-order valence-electron chi connectivity index (χ3n) is 2.71. The molecule has 18 heavy (non-hydrogen) atoms. The van der Waals surface area contributed by atoms with Crippen molar-refractivity contribution in [2.24, 2.45) is 0 Å². The van der Waals surface area contributed by atoms with Crippen molar-refractivity contribution in [2.45, 2.75) is 6.92 Å². The Morgan fingerprint density at radius 1 is 1.22 bits per heavy atom. The molecule has 0 N–H and O–H groups in total. The molecule has 3 aromatic rings. The number of nitrogens with zero attached hydrogens (tertiary/aromatic N) is 2. The Kier molecular flexibility index (Phi) is 2.48. The molecule has 3 rings (SSSR count). The number of pyridine rings is 1. The number of rotatable bonds is 1. The Morgan fingerprint density at radius 2 is 2.00 bits per heavy atom. The standard InChI is InChI=1S/C13H9FN2OS/c1-8-10(14)6-7-12(15-8)16-13(17)9-4-2-3-5-11(9)18-16/h2-7H,1H3. The van der Waals surface area contributed by atoms with E-state index in [-0.39, 0.29) is 17.1 Å². The van der Waals surface area contributed by atoms with Crippen molar-refractivity contribution in [1.82, 2.24) is 8.94 Å². The lowest BCUT2D eigenvalue weighted by Crippen LogP contribution is -2.12. The van der Waals surface area contributed by atoms with Gasteiger partial charge in [0.1, 0.15) is 11.6 Å². The summed E-state index contributed by atoms with van der Waals surface area (Å²) in [7, 11) is 0. The third kappa shape index (κ3) is 1.64. The minimum atomic E-state index is -0.368. The zero-order chi connectivity index (χ0) is 12.7. The van der Waals surface area contributed by atoms with Crippen molar-refractivity contribution in [1.29, 1.82) is 0 Å². The van der Waals surface area contributed by atoms with Gasteiger partial charge in [0, 0.05) is 0 Å². The van der Waals surface area contributed by atoms with E-state index in [2.05, 4.69) is 4.98 Å². The summed E-state index contributed by atoms with van der Waals surface area (Å²) in [6.07, 6.45) is 0. The van der Waals surface area contributed by atoms with Gasteiger partial charge in [-0.15, -0.1) is 0 Å². The highest BCUT2D eigenvalue weighted by atomic mass is 32.1. The minimum absolute atomic E-state index is 0.117. The second-order valence-corrected chi connectivity index (χ2v) is 4.91. The van der Waals surface area contributed by atoms with E-state index < -0.39 is 0 Å². The third-order valence-corrected chi connectivity index (χ3v) is 3.79. The molecule has 0 atom stereocenters. The van der Waals surface area contributed by atoms with Crippen LogP contribution >= 0.6 is 11.5 Å². The SMILES string of the molecule is Cc1nc(-n2sc3ccccc3c2=O)ccc1F. The monoisotopic (exact) mass is 260 g/mol. The van der Waals surface area contributed by atoms with Crippen LogP contribution in [0, 0.1) is 12.7 Å². The van der Waals surface area contributed by atoms with Crippen molar-refractivity contribution in [3.8, 4) is 5.82 Å². The maximum atomic E-state index is 13.2. The van der Waals surface area contributed by atoms with Crippen LogP contribution in [-0.4, -0.2) is 8.94 Å². The van der Waals surface area contributed by atoms with Crippen LogP contribution in [0.1, 0.15) is 5.69 Å². The van der Waals surface area contributed by atoms with E-state index in [4.69, 9.17) is 0 Å². The molecule has 0 aliphatic carbocycles. The van der Waals surface area contributed by atoms with Crippen LogP contribution in [0.25, 0.3) is 15.9 Å². The molecule has 0 amide bonds. The van der Waals surface area contributed by atoms with Crippen molar-refractivity contribution in [3.05, 3.63) is 58.3 Å². The van der Waals surface area contributed by atoms with Crippen molar-refractivity contribution in [2.75, 3.05) is 0 Å². The molecule has 5 heteroatoms. The van der Waals surface area contributed by atoms with Crippen LogP contribution in [0.3, 0.4) is 0 Å². The van der Waals surface area contributed by atoms with E-state index in [0.29, 0.717) is 11.2 Å². The molecule has 0 saturated carbocycles. The van der Waals surface area contributed by atoms with E-state index in [1.54, 1.807) is 13.0 Å². The van der Waals surface area contributed by atoms with E-state index in [9.17, 15) is 9.18 Å². The molecule has 90 valence electrons. The molecule has 0 aliphatic rings. The summed E-state index contributed by atoms with van der Waals surface area (Å²) in [5, 5.41) is 0.659. The Bertz CT molecular complexity index is 791. The lowest BCUT2D eigenvalue weighted by atomic mass is 10.3. The average Bonchev–Trinajstić information content (AvgIpc) is 2.71. The minimum Gasteiger partial charge on any atom is -0.267 e. The summed E-state index contributed by atoms with van der Waals surface area (Å²) in [5.74, 6) is 0.0908. The van der Waals surface area contributed by atoms with Gasteiger partial charge in [-0.1, -0.05) is 12.1 Å². The zero-order valence-corrected chi connectivity index (χ0v) is 10.4. The summed E-state index contributed by atoms with van der Waals surface area (Å²) >= 11 is 1.31. The van der Waals surface area contributed by atoms with Crippen LogP contribution in [-0.2, 0) is 0 Å². The van der Waals surface area contributed by atoms with Gasteiger partial charge < -0.3 is 0 Å². The Balaban J connectivity index is 2.28. The van der Waals surface area contributed by atoms with Crippen LogP contribution < -0.4 is 5.56 Å². The molecule has 0 unspecified atom stereocenters. The fourth-order valence-electron chi connectivity index (χ4n) is 1.77. The van der Waals surface area contributed by atoms with Crippen LogP contribution in [0.5, 0.6) is 0 Å². The van der Waals surface area contributed by atoms with E-state index in [0.717, 1.165) is 4.70 Å². The van der Waals surface area contributed by atoms with Crippen molar-refractivity contribution in [3.63, 3.8) is 0 Å². The van der Waals surface area contributed by atoms with Gasteiger partial charge in [0.25, 0.3) is 5.56 Å². The summed E-state index contributed by atoms with van der Waals surface area (Å²) in [4.78, 5) is 16.3. The van der Waals surface area contributed by atoms with Gasteiger partial charge in [0.15, 0.2) is 0 Å². The van der Waals surface area contributed by atoms with Crippen LogP contribution in [0.2, 0.25) is 0 Å². The predicted molar refractivity (Wildman–Crippen MR) is 69.9 cm³/mol. The lowest BCUT2D eigenvalue weighted by molar-refractivity contribution is 0.608. The van der Waals surface area contributed by atoms with E-state index in [1.165, 1.54) is 27.6 Å². The van der Waals surface area contributed by atoms with Gasteiger partial charge in [-0.05, 0) is 42.7 Å². The molecule has 2 heterocycles. The fraction of sp³-hybridized carbons (Fsp3) is 0.0769. The molecule has 0 spiro atoms. The van der Waals surface area contributed by atoms with Crippen molar-refractivity contribution < 1.29 is 4.39 Å². The quantitative estimate of drug-likeness (QED) is 0.674. The average molecular weight is 260 g/mol. The molecule has 1 aromatic carbocycles. The second-order valence-electron chi connectivity index (χ2n) is 3.92. The maximum absolute atomic E-state index is 13.2. The number of halogens is 1. The first-order valence-electron chi connectivity index (χ1n) is 5.41. The Labute approximate surface area is 106 Å². The molecular weight excluding hydrogens is 251 g/mol. The van der Waals surface area contributed by atoms with Crippen LogP contribution in [0.15, 0.2) is 41.2 Å². The highest BCUT2D eigenvalue weighted by Crippen LogP contribution is 2.19. The molecule has 0 fully saturated rings. The van der Waals surface area contributed by atoms with E-state index >= 15 is 0 Å². The predicted octanol–water partition coefficient (Wildman–Crippen LogP) is 2.89. The summed E-state index contributed by atoms with van der Waals surface area (Å²) in [6, 6.07) is 10.2. The number of benzene rings is 1. The number of fused-ring (bicyclic) bond motifs is 1. The van der Waals surface area contributed by atoms with Gasteiger partial charge in [-0.25, -0.2) is 13.3 Å². The van der Waals surface area contributed by atoms with Crippen molar-refractivity contribution >= 4 is 21.6 Å². The number of aromatic nitrogens is 2. The fourth-order valence-corrected chi connectivity index (χ4v) is 2.73. The lowest BCUT2D eigenvalue weighted by Gasteiger charge is -2.01. The second kappa shape index (κ2) is 4.03. The summed E-state index contributed by atoms with van der Waals surface area (Å²) in [5.41, 5.74) is 0.172. The molecule has 0 radical (unpaired) electrons. The van der Waals surface area contributed by atoms with Gasteiger partial charge in [-0.2, -0.15) is 0 Å². The first-order valence-corrected chi connectivity index (χ1v) is 6.19. The smallest absolute Gasteiger partial charge is 0.267 e. The molecular formula is C13H9FN2OS. The molecule has 3 nitrogen and oxygen atoms in total. The largest absolute Gasteiger partial charge is 0.274 e. The molecule has 0 bridgehead atoms. The van der Waals surface area contributed by atoms with Gasteiger partial charge in [0.2, 0.25) is 0 Å². The molecule has 0 aliphatic heterocycles. The molecule has 0 saturated heterocycles. The highest BCUT2D eigenvalue weighted by molar-refractivity contribution is 7.14. The normalized spacial score (nSPS) is 11.0. The first kappa shape index (κ1) is 11.1. The van der Waals surface area contributed by atoms with Gasteiger partial charge in [0.05, 0.1) is 15.8 Å². The highest BCUT2D eigenvalue weighted by Gasteiger charge is 2.10. The first-order chi connectivity index (χ1) is 8.66. The Morgan fingerprint density at radius 3 is 2.72 bits per heavy atom. The van der Waals surface area contributed by atoms with E-state index in [1.807, 2.05) is 18.2 Å². The number of hydrogen-bond donors (Lipinski definition) is 0. The maximum Gasteiger partial charge on any atom is 0.274 e. The Hall–Kier alpha value is -2.01. The number of aryl methyl sites for hydroxylation is 1.